The van der Waals surface area contributed by atoms with E-state index in [-0.39, 0.29) is 53.5 Å². The van der Waals surface area contributed by atoms with Crippen molar-refractivity contribution >= 4 is 5.84 Å². The van der Waals surface area contributed by atoms with Gasteiger partial charge in [-0.3, -0.25) is 5.01 Å². The normalized spacial score (nSPS) is 13.8. The summed E-state index contributed by atoms with van der Waals surface area (Å²) in [6.07, 6.45) is -10.0. The molecular weight excluding hydrogens is 538 g/mol. The minimum Gasteiger partial charge on any atom is -0.380 e. The van der Waals surface area contributed by atoms with E-state index >= 15 is 0 Å². The Morgan fingerprint density at radius 3 is 2.33 bits per heavy atom. The molecule has 0 bridgehead atoms. The fourth-order valence-electron chi connectivity index (χ4n) is 4.01. The summed E-state index contributed by atoms with van der Waals surface area (Å²) >= 11 is 0. The van der Waals surface area contributed by atoms with E-state index in [4.69, 9.17) is 5.73 Å². The van der Waals surface area contributed by atoms with Crippen LogP contribution in [0.1, 0.15) is 28.2 Å². The first kappa shape index (κ1) is 26.1. The Labute approximate surface area is 214 Å². The largest absolute Gasteiger partial charge is 0.417 e. The predicted molar refractivity (Wildman–Crippen MR) is 121 cm³/mol. The van der Waals surface area contributed by atoms with Gasteiger partial charge in [0.2, 0.25) is 0 Å². The van der Waals surface area contributed by atoms with Gasteiger partial charge in [0.15, 0.2) is 17.5 Å². The molecule has 0 unspecified atom stereocenters. The van der Waals surface area contributed by atoms with Gasteiger partial charge in [0.1, 0.15) is 11.5 Å². The van der Waals surface area contributed by atoms with Crippen molar-refractivity contribution in [1.29, 1.82) is 0 Å². The third-order valence-corrected chi connectivity index (χ3v) is 5.81. The number of fused-ring (bicyclic) bond motifs is 1. The SMILES string of the molecule is NC1=NN(Cc2ccc(-c3ccc(C(F)(F)F)cc3C(F)(F)F)nn2)Cc2[nH]c(-c3cccc(F)c3F)nc21. The molecule has 39 heavy (non-hydrogen) atoms. The number of alkyl halides is 6. The van der Waals surface area contributed by atoms with Crippen molar-refractivity contribution in [3.63, 3.8) is 0 Å². The van der Waals surface area contributed by atoms with Gasteiger partial charge in [-0.1, -0.05) is 12.1 Å². The Hall–Kier alpha value is -4.56. The number of aromatic nitrogens is 4. The molecule has 3 N–H and O–H groups in total. The third-order valence-electron chi connectivity index (χ3n) is 5.81. The summed E-state index contributed by atoms with van der Waals surface area (Å²) in [5, 5.41) is 13.3. The second-order valence-corrected chi connectivity index (χ2v) is 8.49. The number of rotatable bonds is 4. The van der Waals surface area contributed by atoms with E-state index in [1.807, 2.05) is 0 Å². The Bertz CT molecular complexity index is 1570. The van der Waals surface area contributed by atoms with Gasteiger partial charge in [0.05, 0.1) is 46.9 Å². The lowest BCUT2D eigenvalue weighted by atomic mass is 10.00. The van der Waals surface area contributed by atoms with Crippen LogP contribution in [0.4, 0.5) is 35.1 Å². The number of nitrogens with one attached hydrogen (secondary N) is 1. The molecule has 202 valence electrons. The molecule has 5 rings (SSSR count). The predicted octanol–water partition coefficient (Wildman–Crippen LogP) is 5.49. The summed E-state index contributed by atoms with van der Waals surface area (Å²) in [7, 11) is 0. The smallest absolute Gasteiger partial charge is 0.380 e. The van der Waals surface area contributed by atoms with E-state index in [2.05, 4.69) is 25.3 Å². The molecule has 0 aliphatic carbocycles. The van der Waals surface area contributed by atoms with Gasteiger partial charge in [-0.15, -0.1) is 0 Å². The molecule has 0 atom stereocenters. The first-order chi connectivity index (χ1) is 18.3. The average Bonchev–Trinajstić information content (AvgIpc) is 3.29. The topological polar surface area (TPSA) is 96.1 Å². The van der Waals surface area contributed by atoms with E-state index in [1.165, 1.54) is 29.3 Å². The van der Waals surface area contributed by atoms with Gasteiger partial charge in [0, 0.05) is 5.56 Å². The van der Waals surface area contributed by atoms with E-state index in [0.717, 1.165) is 6.07 Å². The summed E-state index contributed by atoms with van der Waals surface area (Å²) in [6, 6.07) is 7.44. The van der Waals surface area contributed by atoms with Crippen molar-refractivity contribution in [3.8, 4) is 22.6 Å². The lowest BCUT2D eigenvalue weighted by Crippen LogP contribution is -2.30. The van der Waals surface area contributed by atoms with Crippen LogP contribution in [-0.2, 0) is 25.4 Å². The molecule has 1 aliphatic heterocycles. The number of nitrogens with two attached hydrogens (primary N) is 1. The molecule has 0 spiro atoms. The van der Waals surface area contributed by atoms with Crippen molar-refractivity contribution in [2.24, 2.45) is 10.8 Å². The molecular formula is C24H15F8N7. The molecule has 7 nitrogen and oxygen atoms in total. The zero-order valence-electron chi connectivity index (χ0n) is 19.4. The molecule has 1 aliphatic rings. The van der Waals surface area contributed by atoms with Crippen molar-refractivity contribution in [2.75, 3.05) is 0 Å². The molecule has 2 aromatic carbocycles. The molecule has 15 heteroatoms. The van der Waals surface area contributed by atoms with Gasteiger partial charge in [-0.05, 0) is 36.4 Å². The quantitative estimate of drug-likeness (QED) is 0.326. The van der Waals surface area contributed by atoms with Crippen LogP contribution in [0, 0.1) is 11.6 Å². The summed E-state index contributed by atoms with van der Waals surface area (Å²) in [5.74, 6) is -2.13. The zero-order valence-corrected chi connectivity index (χ0v) is 19.4. The van der Waals surface area contributed by atoms with Crippen LogP contribution >= 0.6 is 0 Å². The van der Waals surface area contributed by atoms with Crippen LogP contribution < -0.4 is 5.73 Å². The highest BCUT2D eigenvalue weighted by Crippen LogP contribution is 2.40. The number of aromatic amines is 1. The van der Waals surface area contributed by atoms with Crippen molar-refractivity contribution in [3.05, 3.63) is 88.4 Å². The zero-order chi connectivity index (χ0) is 28.1. The van der Waals surface area contributed by atoms with Gasteiger partial charge in [-0.25, -0.2) is 13.8 Å². The molecule has 0 saturated heterocycles. The Morgan fingerprint density at radius 2 is 1.67 bits per heavy atom. The van der Waals surface area contributed by atoms with Gasteiger partial charge in [-0.2, -0.15) is 41.6 Å². The van der Waals surface area contributed by atoms with Crippen LogP contribution in [0.15, 0.2) is 53.6 Å². The second kappa shape index (κ2) is 9.32. The highest BCUT2D eigenvalue weighted by atomic mass is 19.4. The van der Waals surface area contributed by atoms with E-state index in [1.54, 1.807) is 0 Å². The maximum atomic E-state index is 14.2. The van der Waals surface area contributed by atoms with E-state index in [9.17, 15) is 35.1 Å². The van der Waals surface area contributed by atoms with Crippen LogP contribution in [0.25, 0.3) is 22.6 Å². The number of H-pyrrole nitrogens is 1. The molecule has 2 aromatic heterocycles. The van der Waals surface area contributed by atoms with Crippen LogP contribution in [0.2, 0.25) is 0 Å². The summed E-state index contributed by atoms with van der Waals surface area (Å²) in [5.41, 5.74) is 3.06. The number of amidine groups is 1. The van der Waals surface area contributed by atoms with Crippen LogP contribution in [0.3, 0.4) is 0 Å². The number of hydrazone groups is 1. The Kier molecular flexibility index (Phi) is 6.23. The lowest BCUT2D eigenvalue weighted by molar-refractivity contribution is -0.142. The fourth-order valence-corrected chi connectivity index (χ4v) is 4.01. The average molecular weight is 553 g/mol. The summed E-state index contributed by atoms with van der Waals surface area (Å²) < 4.78 is 107. The molecule has 0 amide bonds. The number of nitrogens with zero attached hydrogens (tertiary/aromatic N) is 5. The summed E-state index contributed by atoms with van der Waals surface area (Å²) in [4.78, 5) is 7.09. The number of halogens is 8. The molecule has 0 radical (unpaired) electrons. The van der Waals surface area contributed by atoms with Crippen molar-refractivity contribution in [2.45, 2.75) is 25.4 Å². The van der Waals surface area contributed by atoms with Gasteiger partial charge in [0.25, 0.3) is 0 Å². The lowest BCUT2D eigenvalue weighted by Gasteiger charge is -2.22. The minimum atomic E-state index is -5.06. The first-order valence-corrected chi connectivity index (χ1v) is 11.1. The van der Waals surface area contributed by atoms with Crippen LogP contribution in [-0.4, -0.2) is 31.0 Å². The highest BCUT2D eigenvalue weighted by molar-refractivity contribution is 5.97. The molecule has 0 fully saturated rings. The monoisotopic (exact) mass is 553 g/mol. The van der Waals surface area contributed by atoms with Crippen molar-refractivity contribution in [1.82, 2.24) is 25.2 Å². The van der Waals surface area contributed by atoms with E-state index < -0.39 is 40.7 Å². The second-order valence-electron chi connectivity index (χ2n) is 8.49. The third kappa shape index (κ3) is 5.11. The maximum Gasteiger partial charge on any atom is 0.417 e. The molecule has 0 saturated carbocycles. The number of imidazole rings is 1. The standard InChI is InChI=1S/C24H15F8N7/c25-16-3-1-2-14(19(16)26)22-34-18-10-39(38-21(33)20(18)35-22)9-12-5-7-17(37-36-12)13-6-4-11(23(27,28)29)8-15(13)24(30,31)32/h1-8H,9-10H2,(H2,33,38)(H,34,35). The first-order valence-electron chi connectivity index (χ1n) is 11.1. The van der Waals surface area contributed by atoms with E-state index in [0.29, 0.717) is 17.8 Å². The van der Waals surface area contributed by atoms with Gasteiger partial charge >= 0.3 is 12.4 Å². The fraction of sp³-hybridized carbons (Fsp3) is 0.167. The molecule has 4 aromatic rings. The Balaban J connectivity index is 1.37. The Morgan fingerprint density at radius 1 is 0.897 bits per heavy atom. The number of benzene rings is 2. The number of hydrogen-bond acceptors (Lipinski definition) is 6. The summed E-state index contributed by atoms with van der Waals surface area (Å²) in [6.45, 7) is 0.0930. The number of hydrogen-bond donors (Lipinski definition) is 2. The molecule has 3 heterocycles. The van der Waals surface area contributed by atoms with Gasteiger partial charge < -0.3 is 10.7 Å². The maximum absolute atomic E-state index is 14.2. The minimum absolute atomic E-state index is 0.00472. The van der Waals surface area contributed by atoms with Crippen LogP contribution in [0.5, 0.6) is 0 Å². The van der Waals surface area contributed by atoms with Crippen molar-refractivity contribution < 1.29 is 35.1 Å². The highest BCUT2D eigenvalue weighted by Gasteiger charge is 2.38.